The number of fused-ring (bicyclic) bond motifs is 1. The van der Waals surface area contributed by atoms with Gasteiger partial charge in [-0.15, -0.1) is 11.6 Å². The molecule has 9 heteroatoms. The molecular weight excluding hydrogens is 428 g/mol. The highest BCUT2D eigenvalue weighted by Gasteiger charge is 2.62. The summed E-state index contributed by atoms with van der Waals surface area (Å²) in [7, 11) is 0. The van der Waals surface area contributed by atoms with E-state index in [1.807, 2.05) is 27.7 Å². The van der Waals surface area contributed by atoms with Crippen LogP contribution in [-0.4, -0.2) is 53.5 Å². The molecule has 0 aromatic carbocycles. The molecule has 176 valence electrons. The monoisotopic (exact) mass is 460 g/mol. The fourth-order valence-electron chi connectivity index (χ4n) is 4.11. The molecule has 1 aliphatic carbocycles. The minimum absolute atomic E-state index is 0.0372. The van der Waals surface area contributed by atoms with Crippen LogP contribution in [0, 0.1) is 23.7 Å². The Balaban J connectivity index is 2.27. The highest BCUT2D eigenvalue weighted by atomic mass is 35.5. The van der Waals surface area contributed by atoms with E-state index < -0.39 is 41.8 Å². The Morgan fingerprint density at radius 3 is 2.32 bits per heavy atom. The molecule has 0 bridgehead atoms. The summed E-state index contributed by atoms with van der Waals surface area (Å²) in [5.74, 6) is -2.58. The van der Waals surface area contributed by atoms with Gasteiger partial charge < -0.3 is 24.1 Å². The van der Waals surface area contributed by atoms with Crippen molar-refractivity contribution >= 4 is 29.5 Å². The predicted octanol–water partition coefficient (Wildman–Crippen LogP) is 2.94. The van der Waals surface area contributed by atoms with Gasteiger partial charge in [0.2, 0.25) is 6.29 Å². The third-order valence-electron chi connectivity index (χ3n) is 5.48. The molecule has 0 unspecified atom stereocenters. The summed E-state index contributed by atoms with van der Waals surface area (Å²) < 4.78 is 21.9. The molecule has 0 radical (unpaired) electrons. The van der Waals surface area contributed by atoms with Crippen LogP contribution in [0.4, 0.5) is 0 Å². The third kappa shape index (κ3) is 6.35. The van der Waals surface area contributed by atoms with Crippen molar-refractivity contribution in [1.82, 2.24) is 0 Å². The van der Waals surface area contributed by atoms with Crippen LogP contribution in [0.25, 0.3) is 0 Å². The van der Waals surface area contributed by atoms with E-state index in [1.165, 1.54) is 13.2 Å². The van der Waals surface area contributed by atoms with E-state index in [4.69, 9.17) is 30.5 Å². The Labute approximate surface area is 188 Å². The van der Waals surface area contributed by atoms with Gasteiger partial charge >= 0.3 is 17.9 Å². The Morgan fingerprint density at radius 1 is 1.16 bits per heavy atom. The standard InChI is InChI=1S/C22H33ClO8/c1-12(2)6-18(25)28-9-15-10-29-21(31-19(26)7-13(3)4)20-16(15)8-17(30-14(5)24)22(20,27)11-23/h10,12-13,16-17,20-21,27H,6-9,11H2,1-5H3/t16-,17-,20-,21-,22+/m1/s1. The zero-order chi connectivity index (χ0) is 23.3. The number of alkyl halides is 1. The highest BCUT2D eigenvalue weighted by Crippen LogP contribution is 2.51. The average molecular weight is 461 g/mol. The second-order valence-electron chi connectivity index (χ2n) is 9.13. The molecule has 2 rings (SSSR count). The fraction of sp³-hybridized carbons (Fsp3) is 0.773. The van der Waals surface area contributed by atoms with Crippen LogP contribution in [0.1, 0.15) is 53.9 Å². The van der Waals surface area contributed by atoms with Crippen molar-refractivity contribution in [2.45, 2.75) is 71.9 Å². The van der Waals surface area contributed by atoms with E-state index in [2.05, 4.69) is 0 Å². The normalized spacial score (nSPS) is 29.8. The van der Waals surface area contributed by atoms with Crippen molar-refractivity contribution in [3.05, 3.63) is 11.8 Å². The highest BCUT2D eigenvalue weighted by molar-refractivity contribution is 6.18. The maximum Gasteiger partial charge on any atom is 0.309 e. The number of ether oxygens (including phenoxy) is 4. The maximum atomic E-state index is 12.3. The van der Waals surface area contributed by atoms with Crippen LogP contribution in [0.5, 0.6) is 0 Å². The second-order valence-corrected chi connectivity index (χ2v) is 9.40. The third-order valence-corrected chi connectivity index (χ3v) is 5.91. The number of aliphatic hydroxyl groups is 1. The first-order valence-electron chi connectivity index (χ1n) is 10.6. The van der Waals surface area contributed by atoms with E-state index >= 15 is 0 Å². The molecule has 2 aliphatic rings. The minimum atomic E-state index is -1.68. The average Bonchev–Trinajstić information content (AvgIpc) is 2.93. The Hall–Kier alpha value is -1.80. The van der Waals surface area contributed by atoms with Crippen LogP contribution in [0.15, 0.2) is 11.8 Å². The van der Waals surface area contributed by atoms with Crippen LogP contribution in [0.3, 0.4) is 0 Å². The van der Waals surface area contributed by atoms with Gasteiger partial charge in [0.15, 0.2) is 0 Å². The largest absolute Gasteiger partial charge is 0.462 e. The molecular formula is C22H33ClO8. The van der Waals surface area contributed by atoms with Gasteiger partial charge in [0, 0.05) is 31.3 Å². The molecule has 0 aromatic heterocycles. The summed E-state index contributed by atoms with van der Waals surface area (Å²) in [4.78, 5) is 35.9. The molecule has 1 N–H and O–H groups in total. The quantitative estimate of drug-likeness (QED) is 0.318. The number of rotatable bonds is 9. The molecule has 1 aliphatic heterocycles. The summed E-state index contributed by atoms with van der Waals surface area (Å²) in [6.07, 6.45) is 0.0907. The van der Waals surface area contributed by atoms with Crippen LogP contribution in [0.2, 0.25) is 0 Å². The summed E-state index contributed by atoms with van der Waals surface area (Å²) in [5, 5.41) is 11.4. The van der Waals surface area contributed by atoms with Gasteiger partial charge in [-0.05, 0) is 18.3 Å². The predicted molar refractivity (Wildman–Crippen MR) is 112 cm³/mol. The molecule has 1 fully saturated rings. The molecule has 0 spiro atoms. The number of halogens is 1. The lowest BCUT2D eigenvalue weighted by atomic mass is 9.81. The summed E-state index contributed by atoms with van der Waals surface area (Å²) in [5.41, 5.74) is -1.07. The lowest BCUT2D eigenvalue weighted by Crippen LogP contribution is -2.53. The summed E-state index contributed by atoms with van der Waals surface area (Å²) in [6.45, 7) is 8.81. The van der Waals surface area contributed by atoms with Gasteiger partial charge in [-0.25, -0.2) is 0 Å². The number of hydrogen-bond donors (Lipinski definition) is 1. The lowest BCUT2D eigenvalue weighted by molar-refractivity contribution is -0.211. The molecule has 0 aromatic rings. The van der Waals surface area contributed by atoms with Gasteiger partial charge in [-0.3, -0.25) is 14.4 Å². The minimum Gasteiger partial charge on any atom is -0.462 e. The molecule has 31 heavy (non-hydrogen) atoms. The molecule has 5 atom stereocenters. The van der Waals surface area contributed by atoms with Gasteiger partial charge in [0.25, 0.3) is 0 Å². The molecule has 8 nitrogen and oxygen atoms in total. The van der Waals surface area contributed by atoms with Gasteiger partial charge in [-0.2, -0.15) is 0 Å². The zero-order valence-corrected chi connectivity index (χ0v) is 19.5. The van der Waals surface area contributed by atoms with E-state index in [0.717, 1.165) is 0 Å². The zero-order valence-electron chi connectivity index (χ0n) is 18.8. The summed E-state index contributed by atoms with van der Waals surface area (Å²) >= 11 is 6.12. The molecule has 1 heterocycles. The van der Waals surface area contributed by atoms with Gasteiger partial charge in [0.1, 0.15) is 18.3 Å². The topological polar surface area (TPSA) is 108 Å². The Morgan fingerprint density at radius 2 is 1.77 bits per heavy atom. The number of carbonyl (C=O) groups is 3. The SMILES string of the molecule is CC(=O)O[C@@H]1C[C@@H]2C(COC(=O)CC(C)C)=CO[C@H](OC(=O)CC(C)C)[C@@H]2[C@]1(O)CCl. The smallest absolute Gasteiger partial charge is 0.309 e. The number of esters is 3. The summed E-state index contributed by atoms with van der Waals surface area (Å²) in [6, 6.07) is 0. The number of hydrogen-bond acceptors (Lipinski definition) is 8. The van der Waals surface area contributed by atoms with Crippen LogP contribution < -0.4 is 0 Å². The van der Waals surface area contributed by atoms with Crippen molar-refractivity contribution in [3.63, 3.8) is 0 Å². The number of carbonyl (C=O) groups excluding carboxylic acids is 3. The first-order chi connectivity index (χ1) is 14.5. The van der Waals surface area contributed by atoms with E-state index in [-0.39, 0.29) is 49.6 Å². The van der Waals surface area contributed by atoms with Gasteiger partial charge in [0.05, 0.1) is 18.1 Å². The van der Waals surface area contributed by atoms with Crippen molar-refractivity contribution in [3.8, 4) is 0 Å². The Kier molecular flexibility index (Phi) is 8.77. The lowest BCUT2D eigenvalue weighted by Gasteiger charge is -2.40. The van der Waals surface area contributed by atoms with Crippen molar-refractivity contribution in [2.24, 2.45) is 23.7 Å². The second kappa shape index (κ2) is 10.7. The first kappa shape index (κ1) is 25.5. The van der Waals surface area contributed by atoms with E-state index in [0.29, 0.717) is 5.57 Å². The van der Waals surface area contributed by atoms with Crippen molar-refractivity contribution in [1.29, 1.82) is 0 Å². The van der Waals surface area contributed by atoms with Crippen LogP contribution in [-0.2, 0) is 33.3 Å². The van der Waals surface area contributed by atoms with E-state index in [1.54, 1.807) is 0 Å². The molecule has 1 saturated carbocycles. The van der Waals surface area contributed by atoms with E-state index in [9.17, 15) is 19.5 Å². The fourth-order valence-corrected chi connectivity index (χ4v) is 4.46. The molecule has 0 amide bonds. The van der Waals surface area contributed by atoms with Gasteiger partial charge in [-0.1, -0.05) is 27.7 Å². The maximum absolute atomic E-state index is 12.3. The van der Waals surface area contributed by atoms with Crippen molar-refractivity contribution < 1.29 is 38.4 Å². The van der Waals surface area contributed by atoms with Crippen LogP contribution >= 0.6 is 11.6 Å². The molecule has 0 saturated heterocycles. The van der Waals surface area contributed by atoms with Crippen molar-refractivity contribution in [2.75, 3.05) is 12.5 Å². The Bertz CT molecular complexity index is 704. The first-order valence-corrected chi connectivity index (χ1v) is 11.2.